The number of carboxylic acids is 1. The number of nitrogens with zero attached hydrogens (tertiary/aromatic N) is 1. The highest BCUT2D eigenvalue weighted by Gasteiger charge is 2.42. The second-order valence-corrected chi connectivity index (χ2v) is 5.49. The Morgan fingerprint density at radius 2 is 2.16 bits per heavy atom. The fourth-order valence-corrected chi connectivity index (χ4v) is 2.29. The van der Waals surface area contributed by atoms with Crippen LogP contribution in [0.25, 0.3) is 0 Å². The number of hydrogen-bond donors (Lipinski definition) is 2. The molecule has 1 aliphatic heterocycles. The van der Waals surface area contributed by atoms with E-state index in [1.165, 1.54) is 11.0 Å². The zero-order valence-corrected chi connectivity index (χ0v) is 11.3. The van der Waals surface area contributed by atoms with E-state index in [1.807, 2.05) is 0 Å². The van der Waals surface area contributed by atoms with E-state index in [9.17, 15) is 9.59 Å². The van der Waals surface area contributed by atoms with Crippen molar-refractivity contribution in [3.8, 4) is 0 Å². The van der Waals surface area contributed by atoms with Crippen molar-refractivity contribution in [2.45, 2.75) is 13.3 Å². The first kappa shape index (κ1) is 13.7. The number of hydrogen-bond acceptors (Lipinski definition) is 3. The van der Waals surface area contributed by atoms with Gasteiger partial charge >= 0.3 is 5.97 Å². The molecule has 5 nitrogen and oxygen atoms in total. The summed E-state index contributed by atoms with van der Waals surface area (Å²) < 4.78 is 0. The van der Waals surface area contributed by atoms with Gasteiger partial charge in [-0.05, 0) is 31.5 Å². The van der Waals surface area contributed by atoms with Crippen molar-refractivity contribution in [3.63, 3.8) is 0 Å². The van der Waals surface area contributed by atoms with E-state index in [1.54, 1.807) is 19.1 Å². The second kappa shape index (κ2) is 4.74. The number of likely N-dealkylation sites (tertiary alicyclic amines) is 1. The van der Waals surface area contributed by atoms with Crippen molar-refractivity contribution in [1.29, 1.82) is 0 Å². The number of nitrogens with two attached hydrogens (primary N) is 1. The number of nitrogen functional groups attached to an aromatic ring is 1. The van der Waals surface area contributed by atoms with Gasteiger partial charge in [0.1, 0.15) is 0 Å². The third-order valence-corrected chi connectivity index (χ3v) is 3.86. The standard InChI is InChI=1S/C13H15ClN2O3/c1-13(12(18)19)4-5-16(7-13)11(17)8-2-3-9(14)10(15)6-8/h2-3,6H,4-5,7,15H2,1H3,(H,18,19). The van der Waals surface area contributed by atoms with E-state index in [0.29, 0.717) is 29.2 Å². The predicted octanol–water partition coefficient (Wildman–Crippen LogP) is 1.86. The van der Waals surface area contributed by atoms with Gasteiger partial charge < -0.3 is 15.7 Å². The normalized spacial score (nSPS) is 22.5. The molecule has 2 rings (SSSR count). The molecule has 1 fully saturated rings. The van der Waals surface area contributed by atoms with Gasteiger partial charge in [-0.15, -0.1) is 0 Å². The minimum Gasteiger partial charge on any atom is -0.481 e. The lowest BCUT2D eigenvalue weighted by Gasteiger charge is -2.20. The van der Waals surface area contributed by atoms with E-state index in [2.05, 4.69) is 0 Å². The number of amides is 1. The van der Waals surface area contributed by atoms with Crippen LogP contribution in [0.3, 0.4) is 0 Å². The predicted molar refractivity (Wildman–Crippen MR) is 72.1 cm³/mol. The van der Waals surface area contributed by atoms with Gasteiger partial charge in [0, 0.05) is 18.7 Å². The Labute approximate surface area is 116 Å². The Kier molecular flexibility index (Phi) is 3.41. The Morgan fingerprint density at radius 1 is 1.47 bits per heavy atom. The van der Waals surface area contributed by atoms with Crippen LogP contribution in [0.5, 0.6) is 0 Å². The average Bonchev–Trinajstić information content (AvgIpc) is 2.76. The van der Waals surface area contributed by atoms with Gasteiger partial charge in [0.15, 0.2) is 0 Å². The molecule has 1 aromatic carbocycles. The maximum Gasteiger partial charge on any atom is 0.311 e. The van der Waals surface area contributed by atoms with E-state index < -0.39 is 11.4 Å². The molecule has 19 heavy (non-hydrogen) atoms. The number of carbonyl (C=O) groups excluding carboxylic acids is 1. The van der Waals surface area contributed by atoms with Crippen LogP contribution in [-0.4, -0.2) is 35.0 Å². The van der Waals surface area contributed by atoms with Crippen LogP contribution in [0.1, 0.15) is 23.7 Å². The van der Waals surface area contributed by atoms with Crippen molar-refractivity contribution >= 4 is 29.2 Å². The maximum absolute atomic E-state index is 12.3. The summed E-state index contributed by atoms with van der Waals surface area (Å²) in [5.41, 5.74) is 5.56. The molecule has 102 valence electrons. The number of carbonyl (C=O) groups is 2. The molecule has 0 spiro atoms. The first-order valence-corrected chi connectivity index (χ1v) is 6.29. The van der Waals surface area contributed by atoms with Gasteiger partial charge in [-0.3, -0.25) is 9.59 Å². The molecule has 6 heteroatoms. The Balaban J connectivity index is 2.18. The summed E-state index contributed by atoms with van der Waals surface area (Å²) in [4.78, 5) is 24.9. The molecule has 3 N–H and O–H groups in total. The largest absolute Gasteiger partial charge is 0.481 e. The third-order valence-electron chi connectivity index (χ3n) is 3.52. The minimum absolute atomic E-state index is 0.212. The summed E-state index contributed by atoms with van der Waals surface area (Å²) >= 11 is 5.80. The summed E-state index contributed by atoms with van der Waals surface area (Å²) in [7, 11) is 0. The highest BCUT2D eigenvalue weighted by Crippen LogP contribution is 2.31. The van der Waals surface area contributed by atoms with Crippen LogP contribution < -0.4 is 5.73 Å². The molecule has 1 heterocycles. The number of carboxylic acid groups (broad SMARTS) is 1. The van der Waals surface area contributed by atoms with E-state index in [0.717, 1.165) is 0 Å². The molecule has 1 amide bonds. The zero-order valence-electron chi connectivity index (χ0n) is 10.5. The molecular formula is C13H15ClN2O3. The fraction of sp³-hybridized carbons (Fsp3) is 0.385. The first-order valence-electron chi connectivity index (χ1n) is 5.91. The Bertz CT molecular complexity index is 547. The number of benzene rings is 1. The van der Waals surface area contributed by atoms with Gasteiger partial charge in [-0.1, -0.05) is 11.6 Å². The lowest BCUT2D eigenvalue weighted by molar-refractivity contribution is -0.147. The molecule has 0 aromatic heterocycles. The number of anilines is 1. The topological polar surface area (TPSA) is 83.6 Å². The van der Waals surface area contributed by atoms with Crippen LogP contribution in [0, 0.1) is 5.41 Å². The smallest absolute Gasteiger partial charge is 0.311 e. The van der Waals surface area contributed by atoms with Crippen LogP contribution in [0.2, 0.25) is 5.02 Å². The molecule has 1 atom stereocenters. The molecular weight excluding hydrogens is 268 g/mol. The molecule has 1 aromatic rings. The zero-order chi connectivity index (χ0) is 14.2. The number of halogens is 1. The molecule has 0 aliphatic carbocycles. The van der Waals surface area contributed by atoms with E-state index >= 15 is 0 Å². The molecule has 0 bridgehead atoms. The fourth-order valence-electron chi connectivity index (χ4n) is 2.17. The third kappa shape index (κ3) is 2.51. The van der Waals surface area contributed by atoms with Gasteiger partial charge in [0.25, 0.3) is 5.91 Å². The van der Waals surface area contributed by atoms with Crippen molar-refractivity contribution in [2.24, 2.45) is 5.41 Å². The van der Waals surface area contributed by atoms with Crippen molar-refractivity contribution in [2.75, 3.05) is 18.8 Å². The van der Waals surface area contributed by atoms with Gasteiger partial charge in [0.05, 0.1) is 16.1 Å². The van der Waals surface area contributed by atoms with E-state index in [-0.39, 0.29) is 12.5 Å². The van der Waals surface area contributed by atoms with Crippen molar-refractivity contribution in [1.82, 2.24) is 4.90 Å². The SMILES string of the molecule is CC1(C(=O)O)CCN(C(=O)c2ccc(Cl)c(N)c2)C1. The molecule has 0 saturated carbocycles. The summed E-state index contributed by atoms with van der Waals surface area (Å²) in [6.07, 6.45) is 0.456. The van der Waals surface area contributed by atoms with E-state index in [4.69, 9.17) is 22.4 Å². The summed E-state index contributed by atoms with van der Waals surface area (Å²) in [6.45, 7) is 2.30. The molecule has 1 unspecified atom stereocenters. The van der Waals surface area contributed by atoms with Crippen LogP contribution in [0.4, 0.5) is 5.69 Å². The Hall–Kier alpha value is -1.75. The monoisotopic (exact) mass is 282 g/mol. The van der Waals surface area contributed by atoms with Crippen LogP contribution >= 0.6 is 11.6 Å². The van der Waals surface area contributed by atoms with Crippen molar-refractivity contribution in [3.05, 3.63) is 28.8 Å². The lowest BCUT2D eigenvalue weighted by Crippen LogP contribution is -2.34. The highest BCUT2D eigenvalue weighted by molar-refractivity contribution is 6.33. The summed E-state index contributed by atoms with van der Waals surface area (Å²) in [5.74, 6) is -1.09. The summed E-state index contributed by atoms with van der Waals surface area (Å²) in [5, 5.41) is 9.54. The second-order valence-electron chi connectivity index (χ2n) is 5.08. The average molecular weight is 283 g/mol. The molecule has 1 aliphatic rings. The quantitative estimate of drug-likeness (QED) is 0.811. The van der Waals surface area contributed by atoms with Gasteiger partial charge in [-0.25, -0.2) is 0 Å². The first-order chi connectivity index (χ1) is 8.83. The number of rotatable bonds is 2. The minimum atomic E-state index is -0.876. The maximum atomic E-state index is 12.3. The summed E-state index contributed by atoms with van der Waals surface area (Å²) in [6, 6.07) is 4.68. The Morgan fingerprint density at radius 3 is 2.68 bits per heavy atom. The van der Waals surface area contributed by atoms with Gasteiger partial charge in [-0.2, -0.15) is 0 Å². The molecule has 0 radical (unpaired) electrons. The van der Waals surface area contributed by atoms with Crippen LogP contribution in [0.15, 0.2) is 18.2 Å². The van der Waals surface area contributed by atoms with Crippen molar-refractivity contribution < 1.29 is 14.7 Å². The lowest BCUT2D eigenvalue weighted by atomic mass is 9.90. The number of aliphatic carboxylic acids is 1. The van der Waals surface area contributed by atoms with Gasteiger partial charge in [0.2, 0.25) is 0 Å². The highest BCUT2D eigenvalue weighted by atomic mass is 35.5. The molecule has 1 saturated heterocycles. The van der Waals surface area contributed by atoms with Crippen LogP contribution in [-0.2, 0) is 4.79 Å².